The molecule has 0 aromatic rings. The van der Waals surface area contributed by atoms with Crippen LogP contribution in [0.25, 0.3) is 0 Å². The Bertz CT molecular complexity index is 447. The quantitative estimate of drug-likeness (QED) is 0.674. The highest BCUT2D eigenvalue weighted by Crippen LogP contribution is 2.69. The van der Waals surface area contributed by atoms with Crippen LogP contribution in [-0.2, 0) is 9.47 Å². The van der Waals surface area contributed by atoms with E-state index >= 15 is 0 Å². The van der Waals surface area contributed by atoms with Gasteiger partial charge in [-0.2, -0.15) is 0 Å². The van der Waals surface area contributed by atoms with Crippen molar-refractivity contribution in [1.29, 1.82) is 0 Å². The molecule has 0 aromatic carbocycles. The fourth-order valence-electron chi connectivity index (χ4n) is 7.97. The van der Waals surface area contributed by atoms with Crippen molar-refractivity contribution in [3.8, 4) is 0 Å². The topological polar surface area (TPSA) is 18.5 Å². The molecule has 0 aromatic heterocycles. The van der Waals surface area contributed by atoms with E-state index in [2.05, 4.69) is 0 Å². The van der Waals surface area contributed by atoms with Crippen LogP contribution >= 0.6 is 0 Å². The molecular formula is C19H28O2. The van der Waals surface area contributed by atoms with Gasteiger partial charge in [-0.3, -0.25) is 0 Å². The molecule has 116 valence electrons. The molecule has 0 spiro atoms. The zero-order valence-electron chi connectivity index (χ0n) is 13.0. The minimum absolute atomic E-state index is 0.458. The van der Waals surface area contributed by atoms with Gasteiger partial charge in [0.05, 0.1) is 12.2 Å². The van der Waals surface area contributed by atoms with E-state index in [0.29, 0.717) is 19.0 Å². The van der Waals surface area contributed by atoms with Crippen LogP contribution in [0.3, 0.4) is 0 Å². The molecule has 0 bridgehead atoms. The summed E-state index contributed by atoms with van der Waals surface area (Å²) in [6, 6.07) is 0. The van der Waals surface area contributed by atoms with Crippen molar-refractivity contribution in [2.75, 3.05) is 6.79 Å². The van der Waals surface area contributed by atoms with Crippen LogP contribution < -0.4 is 0 Å². The van der Waals surface area contributed by atoms with Crippen LogP contribution in [0, 0.1) is 47.3 Å². The Balaban J connectivity index is 1.33. The zero-order valence-corrected chi connectivity index (χ0v) is 13.0. The Morgan fingerprint density at radius 1 is 0.571 bits per heavy atom. The smallest absolute Gasteiger partial charge is 0.147 e. The van der Waals surface area contributed by atoms with Crippen LogP contribution in [0.15, 0.2) is 0 Å². The average molecular weight is 288 g/mol. The van der Waals surface area contributed by atoms with Gasteiger partial charge in [-0.1, -0.05) is 12.8 Å². The maximum Gasteiger partial charge on any atom is 0.147 e. The van der Waals surface area contributed by atoms with Crippen LogP contribution in [0.1, 0.15) is 51.4 Å². The fourth-order valence-corrected chi connectivity index (χ4v) is 7.97. The van der Waals surface area contributed by atoms with E-state index in [-0.39, 0.29) is 0 Å². The van der Waals surface area contributed by atoms with Crippen LogP contribution in [0.2, 0.25) is 0 Å². The summed E-state index contributed by atoms with van der Waals surface area (Å²) in [6.45, 7) is 0.573. The minimum Gasteiger partial charge on any atom is -0.349 e. The molecule has 5 aliphatic carbocycles. The molecule has 1 heterocycles. The summed E-state index contributed by atoms with van der Waals surface area (Å²) in [5.74, 6) is 8.44. The summed E-state index contributed by atoms with van der Waals surface area (Å²) in [5, 5.41) is 0. The Kier molecular flexibility index (Phi) is 2.51. The zero-order chi connectivity index (χ0) is 13.6. The lowest BCUT2D eigenvalue weighted by Crippen LogP contribution is -2.46. The largest absolute Gasteiger partial charge is 0.349 e. The molecule has 0 radical (unpaired) electrons. The maximum absolute atomic E-state index is 5.96. The van der Waals surface area contributed by atoms with Gasteiger partial charge in [-0.05, 0) is 85.9 Å². The number of fused-ring (bicyclic) bond motifs is 10. The van der Waals surface area contributed by atoms with Crippen molar-refractivity contribution in [2.45, 2.75) is 63.6 Å². The molecule has 1 saturated heterocycles. The Hall–Kier alpha value is -0.0800. The molecule has 6 rings (SSSR count). The van der Waals surface area contributed by atoms with E-state index in [1.807, 2.05) is 0 Å². The number of hydrogen-bond donors (Lipinski definition) is 0. The Morgan fingerprint density at radius 3 is 2.24 bits per heavy atom. The van der Waals surface area contributed by atoms with E-state index in [4.69, 9.17) is 9.47 Å². The lowest BCUT2D eigenvalue weighted by atomic mass is 9.54. The molecule has 10 unspecified atom stereocenters. The monoisotopic (exact) mass is 288 g/mol. The lowest BCUT2D eigenvalue weighted by Gasteiger charge is -2.51. The SMILES string of the molecule is C1CCC2C(C1)C1CC1C1C2CCC2C1CC1OCOC12. The van der Waals surface area contributed by atoms with Crippen molar-refractivity contribution >= 4 is 0 Å². The van der Waals surface area contributed by atoms with Gasteiger partial charge < -0.3 is 9.47 Å². The normalized spacial score (nSPS) is 64.0. The molecule has 6 aliphatic rings. The predicted octanol–water partition coefficient (Wildman–Crippen LogP) is 3.85. The summed E-state index contributed by atoms with van der Waals surface area (Å²) in [5.41, 5.74) is 0. The van der Waals surface area contributed by atoms with Crippen molar-refractivity contribution < 1.29 is 9.47 Å². The van der Waals surface area contributed by atoms with Gasteiger partial charge in [0, 0.05) is 0 Å². The number of rotatable bonds is 0. The van der Waals surface area contributed by atoms with Gasteiger partial charge in [0.2, 0.25) is 0 Å². The van der Waals surface area contributed by atoms with E-state index in [0.717, 1.165) is 47.3 Å². The first-order valence-corrected chi connectivity index (χ1v) is 9.65. The second kappa shape index (κ2) is 4.26. The molecule has 0 N–H and O–H groups in total. The van der Waals surface area contributed by atoms with E-state index in [9.17, 15) is 0 Å². The molecule has 5 saturated carbocycles. The summed E-state index contributed by atoms with van der Waals surface area (Å²) in [4.78, 5) is 0. The van der Waals surface area contributed by atoms with Gasteiger partial charge in [-0.25, -0.2) is 0 Å². The van der Waals surface area contributed by atoms with E-state index in [1.54, 1.807) is 19.3 Å². The van der Waals surface area contributed by atoms with E-state index in [1.165, 1.54) is 32.1 Å². The molecule has 10 atom stereocenters. The summed E-state index contributed by atoms with van der Waals surface area (Å²) in [7, 11) is 0. The third-order valence-electron chi connectivity index (χ3n) is 8.57. The summed E-state index contributed by atoms with van der Waals surface area (Å²) in [6.07, 6.45) is 13.0. The third-order valence-corrected chi connectivity index (χ3v) is 8.57. The van der Waals surface area contributed by atoms with Crippen LogP contribution in [0.5, 0.6) is 0 Å². The lowest BCUT2D eigenvalue weighted by molar-refractivity contribution is -0.0640. The highest BCUT2D eigenvalue weighted by Gasteiger charge is 2.64. The van der Waals surface area contributed by atoms with Gasteiger partial charge in [-0.15, -0.1) is 0 Å². The molecule has 6 fully saturated rings. The summed E-state index contributed by atoms with van der Waals surface area (Å²) < 4.78 is 11.8. The Morgan fingerprint density at radius 2 is 1.33 bits per heavy atom. The van der Waals surface area contributed by atoms with Crippen molar-refractivity contribution in [1.82, 2.24) is 0 Å². The number of hydrogen-bond acceptors (Lipinski definition) is 2. The van der Waals surface area contributed by atoms with E-state index < -0.39 is 0 Å². The predicted molar refractivity (Wildman–Crippen MR) is 79.5 cm³/mol. The van der Waals surface area contributed by atoms with Crippen LogP contribution in [0.4, 0.5) is 0 Å². The maximum atomic E-state index is 5.96. The Labute approximate surface area is 128 Å². The molecule has 21 heavy (non-hydrogen) atoms. The highest BCUT2D eigenvalue weighted by atomic mass is 16.7. The molecule has 2 heteroatoms. The van der Waals surface area contributed by atoms with Crippen molar-refractivity contribution in [2.24, 2.45) is 47.3 Å². The first-order chi connectivity index (χ1) is 10.4. The first-order valence-electron chi connectivity index (χ1n) is 9.65. The van der Waals surface area contributed by atoms with Gasteiger partial charge in [0.1, 0.15) is 6.79 Å². The second-order valence-corrected chi connectivity index (χ2v) is 9.01. The van der Waals surface area contributed by atoms with Gasteiger partial charge >= 0.3 is 0 Å². The second-order valence-electron chi connectivity index (χ2n) is 9.01. The molecule has 0 amide bonds. The number of ether oxygens (including phenoxy) is 2. The third kappa shape index (κ3) is 1.57. The van der Waals surface area contributed by atoms with Gasteiger partial charge in [0.15, 0.2) is 0 Å². The van der Waals surface area contributed by atoms with Crippen LogP contribution in [-0.4, -0.2) is 19.0 Å². The minimum atomic E-state index is 0.458. The standard InChI is InChI=1S/C19H28O2/c1-2-4-11-10(3-1)12-5-6-13-16(18(12)15-7-14(11)15)8-17-19(13)21-9-20-17/h10-19H,1-9H2. The molecular weight excluding hydrogens is 260 g/mol. The summed E-state index contributed by atoms with van der Waals surface area (Å²) >= 11 is 0. The molecule has 1 aliphatic heterocycles. The first kappa shape index (κ1) is 12.4. The molecule has 2 nitrogen and oxygen atoms in total. The fraction of sp³-hybridized carbons (Fsp3) is 1.00. The average Bonchev–Trinajstić information content (AvgIpc) is 3.05. The highest BCUT2D eigenvalue weighted by molar-refractivity contribution is 5.13. The van der Waals surface area contributed by atoms with Crippen molar-refractivity contribution in [3.63, 3.8) is 0 Å². The van der Waals surface area contributed by atoms with Gasteiger partial charge in [0.25, 0.3) is 0 Å². The van der Waals surface area contributed by atoms with Crippen molar-refractivity contribution in [3.05, 3.63) is 0 Å².